The average Bonchev–Trinajstić information content (AvgIpc) is 3.31. The minimum absolute atomic E-state index is 0.0209. The molecule has 3 rings (SSSR count). The molecule has 2 heterocycles. The van der Waals surface area contributed by atoms with Crippen molar-refractivity contribution in [2.45, 2.75) is 38.8 Å². The fraction of sp³-hybridized carbons (Fsp3) is 0.333. The Morgan fingerprint density at radius 1 is 1.24 bits per heavy atom. The summed E-state index contributed by atoms with van der Waals surface area (Å²) in [4.78, 5) is 12.0. The normalized spacial score (nSPS) is 12.0. The smallest absolute Gasteiger partial charge is 0.247 e. The van der Waals surface area contributed by atoms with E-state index in [-0.39, 0.29) is 11.9 Å². The van der Waals surface area contributed by atoms with Crippen LogP contribution >= 0.6 is 0 Å². The number of hydrogen-bond donors (Lipinski definition) is 1. The van der Waals surface area contributed by atoms with E-state index in [0.29, 0.717) is 24.6 Å². The van der Waals surface area contributed by atoms with Gasteiger partial charge in [-0.3, -0.25) is 9.48 Å². The third kappa shape index (κ3) is 5.00. The van der Waals surface area contributed by atoms with Crippen LogP contribution in [0, 0.1) is 0 Å². The fourth-order valence-corrected chi connectivity index (χ4v) is 2.45. The Labute approximate surface area is 146 Å². The number of aromatic nitrogens is 4. The minimum Gasteiger partial charge on any atom is -0.421 e. The maximum Gasteiger partial charge on any atom is 0.247 e. The van der Waals surface area contributed by atoms with E-state index in [1.54, 1.807) is 6.20 Å². The maximum absolute atomic E-state index is 12.0. The van der Waals surface area contributed by atoms with E-state index in [4.69, 9.17) is 4.42 Å². The molecule has 1 N–H and O–H groups in total. The summed E-state index contributed by atoms with van der Waals surface area (Å²) in [6.45, 7) is 2.76. The van der Waals surface area contributed by atoms with Gasteiger partial charge in [0.15, 0.2) is 0 Å². The van der Waals surface area contributed by atoms with Crippen LogP contribution in [0.5, 0.6) is 0 Å². The summed E-state index contributed by atoms with van der Waals surface area (Å²) in [6, 6.07) is 11.5. The molecule has 1 atom stereocenters. The third-order valence-electron chi connectivity index (χ3n) is 3.81. The van der Waals surface area contributed by atoms with Gasteiger partial charge in [-0.15, -0.1) is 10.2 Å². The Morgan fingerprint density at radius 3 is 2.84 bits per heavy atom. The van der Waals surface area contributed by atoms with Gasteiger partial charge < -0.3 is 9.73 Å². The number of carbonyl (C=O) groups is 1. The number of benzene rings is 1. The summed E-state index contributed by atoms with van der Waals surface area (Å²) >= 11 is 0. The number of carbonyl (C=O) groups excluding carboxylic acids is 1. The molecule has 0 fully saturated rings. The van der Waals surface area contributed by atoms with E-state index < -0.39 is 0 Å². The van der Waals surface area contributed by atoms with Crippen LogP contribution < -0.4 is 5.32 Å². The molecule has 0 bridgehead atoms. The van der Waals surface area contributed by atoms with Crippen molar-refractivity contribution in [3.05, 3.63) is 54.7 Å². The Morgan fingerprint density at radius 2 is 2.08 bits per heavy atom. The number of nitrogens with zero attached hydrogens (tertiary/aromatic N) is 4. The number of aryl methyl sites for hydroxylation is 2. The quantitative estimate of drug-likeness (QED) is 0.681. The lowest BCUT2D eigenvalue weighted by atomic mass is 10.2. The largest absolute Gasteiger partial charge is 0.421 e. The monoisotopic (exact) mass is 339 g/mol. The average molecular weight is 339 g/mol. The molecule has 0 radical (unpaired) electrons. The topological polar surface area (TPSA) is 85.8 Å². The van der Waals surface area contributed by atoms with Crippen LogP contribution in [0.2, 0.25) is 0 Å². The van der Waals surface area contributed by atoms with E-state index in [0.717, 1.165) is 18.5 Å². The Kier molecular flexibility index (Phi) is 5.56. The molecule has 0 saturated carbocycles. The van der Waals surface area contributed by atoms with Gasteiger partial charge in [-0.05, 0) is 31.5 Å². The van der Waals surface area contributed by atoms with Crippen molar-refractivity contribution in [1.29, 1.82) is 0 Å². The van der Waals surface area contributed by atoms with Gasteiger partial charge in [0.2, 0.25) is 17.7 Å². The van der Waals surface area contributed by atoms with Crippen LogP contribution in [-0.2, 0) is 17.8 Å². The molecule has 1 unspecified atom stereocenters. The molecular formula is C18H21N5O2. The van der Waals surface area contributed by atoms with Crippen molar-refractivity contribution < 1.29 is 9.21 Å². The van der Waals surface area contributed by atoms with Crippen molar-refractivity contribution >= 4 is 5.91 Å². The molecule has 7 heteroatoms. The molecule has 130 valence electrons. The molecule has 1 aromatic carbocycles. The van der Waals surface area contributed by atoms with Crippen LogP contribution in [0.25, 0.3) is 11.5 Å². The summed E-state index contributed by atoms with van der Waals surface area (Å²) < 4.78 is 7.46. The van der Waals surface area contributed by atoms with Gasteiger partial charge in [0.25, 0.3) is 0 Å². The molecular weight excluding hydrogens is 318 g/mol. The first-order valence-corrected chi connectivity index (χ1v) is 8.35. The number of nitrogens with one attached hydrogen (secondary N) is 1. The van der Waals surface area contributed by atoms with E-state index in [2.05, 4.69) is 20.6 Å². The predicted octanol–water partition coefficient (Wildman–Crippen LogP) is 2.46. The van der Waals surface area contributed by atoms with Crippen molar-refractivity contribution in [3.8, 4) is 11.5 Å². The minimum atomic E-state index is -0.0209. The van der Waals surface area contributed by atoms with E-state index in [9.17, 15) is 4.79 Å². The van der Waals surface area contributed by atoms with Crippen molar-refractivity contribution in [2.75, 3.05) is 0 Å². The highest BCUT2D eigenvalue weighted by molar-refractivity contribution is 5.76. The van der Waals surface area contributed by atoms with Gasteiger partial charge >= 0.3 is 0 Å². The van der Waals surface area contributed by atoms with Gasteiger partial charge in [0.1, 0.15) is 0 Å². The number of rotatable bonds is 8. The van der Waals surface area contributed by atoms with E-state index in [1.807, 2.05) is 54.2 Å². The molecule has 0 saturated heterocycles. The van der Waals surface area contributed by atoms with Crippen molar-refractivity contribution in [1.82, 2.24) is 25.3 Å². The number of hydrogen-bond acceptors (Lipinski definition) is 5. The summed E-state index contributed by atoms with van der Waals surface area (Å²) in [5.74, 6) is 0.925. The second-order valence-corrected chi connectivity index (χ2v) is 5.89. The van der Waals surface area contributed by atoms with Crippen LogP contribution in [0.3, 0.4) is 0 Å². The molecule has 1 amide bonds. The van der Waals surface area contributed by atoms with Gasteiger partial charge in [-0.1, -0.05) is 18.2 Å². The molecule has 0 aliphatic carbocycles. The first kappa shape index (κ1) is 16.9. The zero-order valence-electron chi connectivity index (χ0n) is 14.1. The molecule has 2 aromatic heterocycles. The zero-order valence-corrected chi connectivity index (χ0v) is 14.1. The number of amides is 1. The second kappa shape index (κ2) is 8.23. The maximum atomic E-state index is 12.0. The molecule has 25 heavy (non-hydrogen) atoms. The lowest BCUT2D eigenvalue weighted by molar-refractivity contribution is -0.121. The third-order valence-corrected chi connectivity index (χ3v) is 3.81. The van der Waals surface area contributed by atoms with Crippen LogP contribution in [0.1, 0.15) is 25.7 Å². The van der Waals surface area contributed by atoms with Crippen LogP contribution in [0.15, 0.2) is 53.2 Å². The van der Waals surface area contributed by atoms with Gasteiger partial charge in [-0.2, -0.15) is 5.10 Å². The summed E-state index contributed by atoms with van der Waals surface area (Å²) in [5.41, 5.74) is 0.873. The van der Waals surface area contributed by atoms with Crippen molar-refractivity contribution in [2.24, 2.45) is 0 Å². The van der Waals surface area contributed by atoms with Gasteiger partial charge in [0.05, 0.1) is 0 Å². The lowest BCUT2D eigenvalue weighted by Gasteiger charge is -2.13. The van der Waals surface area contributed by atoms with Gasteiger partial charge in [-0.25, -0.2) is 0 Å². The predicted molar refractivity (Wildman–Crippen MR) is 92.5 cm³/mol. The van der Waals surface area contributed by atoms with Gasteiger partial charge in [0, 0.05) is 43.4 Å². The SMILES string of the molecule is CC(CCn1cccn1)NC(=O)CCc1nnc(-c2ccccc2)o1. The van der Waals surface area contributed by atoms with Crippen LogP contribution in [-0.4, -0.2) is 31.9 Å². The Hall–Kier alpha value is -2.96. The highest BCUT2D eigenvalue weighted by Gasteiger charge is 2.12. The summed E-state index contributed by atoms with van der Waals surface area (Å²) in [7, 11) is 0. The lowest BCUT2D eigenvalue weighted by Crippen LogP contribution is -2.33. The second-order valence-electron chi connectivity index (χ2n) is 5.89. The van der Waals surface area contributed by atoms with E-state index >= 15 is 0 Å². The standard InChI is InChI=1S/C18H21N5O2/c1-14(10-13-23-12-5-11-19-23)20-16(24)8-9-17-21-22-18(25-17)15-6-3-2-4-7-15/h2-7,11-12,14H,8-10,13H2,1H3,(H,20,24). The fourth-order valence-electron chi connectivity index (χ4n) is 2.45. The Balaban J connectivity index is 1.42. The van der Waals surface area contributed by atoms with Crippen molar-refractivity contribution in [3.63, 3.8) is 0 Å². The first-order valence-electron chi connectivity index (χ1n) is 8.35. The molecule has 0 aliphatic rings. The molecule has 0 aliphatic heterocycles. The Bertz CT molecular complexity index is 783. The zero-order chi connectivity index (χ0) is 17.5. The summed E-state index contributed by atoms with van der Waals surface area (Å²) in [5, 5.41) is 15.2. The molecule has 0 spiro atoms. The van der Waals surface area contributed by atoms with E-state index in [1.165, 1.54) is 0 Å². The first-order chi connectivity index (χ1) is 12.2. The summed E-state index contributed by atoms with van der Waals surface area (Å²) in [6.07, 6.45) is 5.23. The highest BCUT2D eigenvalue weighted by atomic mass is 16.4. The van der Waals surface area contributed by atoms with Crippen LogP contribution in [0.4, 0.5) is 0 Å². The molecule has 7 nitrogen and oxygen atoms in total. The molecule has 3 aromatic rings. The highest BCUT2D eigenvalue weighted by Crippen LogP contribution is 2.17.